The number of aliphatic hydroxyl groups excluding tert-OH is 1. The van der Waals surface area contributed by atoms with Crippen LogP contribution in [-0.2, 0) is 26.2 Å². The number of ether oxygens (including phenoxy) is 2. The molecule has 7 nitrogen and oxygen atoms in total. The van der Waals surface area contributed by atoms with Gasteiger partial charge in [0.25, 0.3) is 0 Å². The Morgan fingerprint density at radius 1 is 1.11 bits per heavy atom. The Labute approximate surface area is 159 Å². The Morgan fingerprint density at radius 2 is 1.74 bits per heavy atom. The van der Waals surface area contributed by atoms with E-state index in [1.807, 2.05) is 18.2 Å². The summed E-state index contributed by atoms with van der Waals surface area (Å²) in [5.74, 6) is -0.174. The lowest BCUT2D eigenvalue weighted by Gasteiger charge is -2.29. The van der Waals surface area contributed by atoms with Gasteiger partial charge in [-0.3, -0.25) is 4.31 Å². The maximum Gasteiger partial charge on any atom is 0.330 e. The summed E-state index contributed by atoms with van der Waals surface area (Å²) >= 11 is 0. The average Bonchev–Trinajstić information content (AvgIpc) is 2.66. The van der Waals surface area contributed by atoms with Gasteiger partial charge in [-0.2, -0.15) is 0 Å². The van der Waals surface area contributed by atoms with Gasteiger partial charge in [0.05, 0.1) is 19.1 Å². The molecule has 2 aromatic carbocycles. The molecule has 0 aliphatic rings. The topological polar surface area (TPSA) is 93.1 Å². The Morgan fingerprint density at radius 3 is 2.26 bits per heavy atom. The first-order valence-corrected chi connectivity index (χ1v) is 10.2. The standard InChI is InChI=1S/C19H23NO6S/c1-25-17-10-8-16(9-11-17)20(27(2,23)24)18(12-13-21)19(22)26-14-15-6-4-3-5-7-15/h3-11,18,21H,12-14H2,1-2H3/t18-/m0/s1. The second-order valence-corrected chi connectivity index (χ2v) is 7.74. The van der Waals surface area contributed by atoms with E-state index in [0.717, 1.165) is 16.1 Å². The molecular formula is C19H23NO6S. The first-order chi connectivity index (χ1) is 12.9. The molecule has 2 aromatic rings. The number of hydrogen-bond donors (Lipinski definition) is 1. The minimum absolute atomic E-state index is 0.0157. The van der Waals surface area contributed by atoms with Crippen molar-refractivity contribution < 1.29 is 27.8 Å². The molecule has 8 heteroatoms. The number of rotatable bonds is 9. The van der Waals surface area contributed by atoms with Gasteiger partial charge < -0.3 is 14.6 Å². The second-order valence-electron chi connectivity index (χ2n) is 5.88. The lowest BCUT2D eigenvalue weighted by molar-refractivity contribution is -0.146. The molecule has 0 aliphatic carbocycles. The number of methoxy groups -OCH3 is 1. The number of carbonyl (C=O) groups excluding carboxylic acids is 1. The molecule has 0 saturated heterocycles. The summed E-state index contributed by atoms with van der Waals surface area (Å²) in [7, 11) is -2.31. The molecule has 0 fully saturated rings. The predicted octanol–water partition coefficient (Wildman–Crippen LogP) is 1.96. The zero-order chi connectivity index (χ0) is 19.9. The molecule has 0 saturated carbocycles. The van der Waals surface area contributed by atoms with Gasteiger partial charge in [0.15, 0.2) is 0 Å². The van der Waals surface area contributed by atoms with E-state index in [1.165, 1.54) is 19.2 Å². The lowest BCUT2D eigenvalue weighted by atomic mass is 10.2. The van der Waals surface area contributed by atoms with Crippen molar-refractivity contribution in [3.05, 3.63) is 60.2 Å². The largest absolute Gasteiger partial charge is 0.497 e. The summed E-state index contributed by atoms with van der Waals surface area (Å²) in [6, 6.07) is 14.2. The summed E-state index contributed by atoms with van der Waals surface area (Å²) in [6.07, 6.45) is 0.915. The van der Waals surface area contributed by atoms with Crippen molar-refractivity contribution in [1.82, 2.24) is 0 Å². The van der Waals surface area contributed by atoms with Crippen molar-refractivity contribution in [1.29, 1.82) is 0 Å². The summed E-state index contributed by atoms with van der Waals surface area (Å²) in [4.78, 5) is 12.6. The average molecular weight is 393 g/mol. The van der Waals surface area contributed by atoms with Gasteiger partial charge in [0, 0.05) is 13.0 Å². The summed E-state index contributed by atoms with van der Waals surface area (Å²) in [5.41, 5.74) is 1.07. The SMILES string of the molecule is COc1ccc(N([C@@H](CCO)C(=O)OCc2ccccc2)S(C)(=O)=O)cc1. The molecule has 0 aliphatic heterocycles. The first kappa shape index (κ1) is 20.7. The second kappa shape index (κ2) is 9.38. The van der Waals surface area contributed by atoms with Crippen LogP contribution in [0.3, 0.4) is 0 Å². The van der Waals surface area contributed by atoms with Crippen molar-refractivity contribution in [2.24, 2.45) is 0 Å². The Bertz CT molecular complexity index is 836. The number of nitrogens with zero attached hydrogens (tertiary/aromatic N) is 1. The molecule has 1 atom stereocenters. The smallest absolute Gasteiger partial charge is 0.330 e. The molecule has 2 rings (SSSR count). The normalized spacial score (nSPS) is 12.3. The molecule has 27 heavy (non-hydrogen) atoms. The van der Waals surface area contributed by atoms with Crippen molar-refractivity contribution >= 4 is 21.7 Å². The van der Waals surface area contributed by atoms with Gasteiger partial charge >= 0.3 is 5.97 Å². The summed E-state index contributed by atoms with van der Waals surface area (Å²) in [5, 5.41) is 9.37. The van der Waals surface area contributed by atoms with Crippen molar-refractivity contribution in [3.63, 3.8) is 0 Å². The minimum Gasteiger partial charge on any atom is -0.497 e. The molecule has 0 radical (unpaired) electrons. The molecule has 146 valence electrons. The number of sulfonamides is 1. The van der Waals surface area contributed by atoms with Gasteiger partial charge in [-0.1, -0.05) is 30.3 Å². The Kier molecular flexibility index (Phi) is 7.20. The maximum absolute atomic E-state index is 12.6. The van der Waals surface area contributed by atoms with Gasteiger partial charge in [0.2, 0.25) is 10.0 Å². The fourth-order valence-electron chi connectivity index (χ4n) is 2.61. The number of anilines is 1. The highest BCUT2D eigenvalue weighted by Crippen LogP contribution is 2.25. The van der Waals surface area contributed by atoms with Crippen molar-refractivity contribution in [2.45, 2.75) is 19.1 Å². The van der Waals surface area contributed by atoms with Crippen LogP contribution in [0.4, 0.5) is 5.69 Å². The van der Waals surface area contributed by atoms with Crippen LogP contribution in [0.2, 0.25) is 0 Å². The quantitative estimate of drug-likeness (QED) is 0.655. The predicted molar refractivity (Wildman–Crippen MR) is 102 cm³/mol. The van der Waals surface area contributed by atoms with E-state index in [4.69, 9.17) is 9.47 Å². The number of esters is 1. The van der Waals surface area contributed by atoms with Crippen LogP contribution in [0.25, 0.3) is 0 Å². The molecule has 0 heterocycles. The minimum atomic E-state index is -3.81. The van der Waals surface area contributed by atoms with Crippen LogP contribution in [0.5, 0.6) is 5.75 Å². The Balaban J connectivity index is 2.28. The zero-order valence-corrected chi connectivity index (χ0v) is 16.1. The van der Waals surface area contributed by atoms with Crippen LogP contribution in [0.15, 0.2) is 54.6 Å². The van der Waals surface area contributed by atoms with E-state index < -0.39 is 22.0 Å². The van der Waals surface area contributed by atoms with Gasteiger partial charge in [-0.15, -0.1) is 0 Å². The Hall–Kier alpha value is -2.58. The van der Waals surface area contributed by atoms with Gasteiger partial charge in [0.1, 0.15) is 18.4 Å². The molecular weight excluding hydrogens is 370 g/mol. The molecule has 0 aromatic heterocycles. The van der Waals surface area contributed by atoms with E-state index in [1.54, 1.807) is 24.3 Å². The van der Waals surface area contributed by atoms with Crippen LogP contribution < -0.4 is 9.04 Å². The molecule has 0 amide bonds. The lowest BCUT2D eigenvalue weighted by Crippen LogP contribution is -2.46. The van der Waals surface area contributed by atoms with E-state index in [0.29, 0.717) is 5.75 Å². The zero-order valence-electron chi connectivity index (χ0n) is 15.2. The molecule has 1 N–H and O–H groups in total. The van der Waals surface area contributed by atoms with E-state index in [2.05, 4.69) is 0 Å². The highest BCUT2D eigenvalue weighted by Gasteiger charge is 2.33. The molecule has 0 bridgehead atoms. The monoisotopic (exact) mass is 393 g/mol. The van der Waals surface area contributed by atoms with Crippen LogP contribution >= 0.6 is 0 Å². The fourth-order valence-corrected chi connectivity index (χ4v) is 3.77. The number of carbonyl (C=O) groups is 1. The summed E-state index contributed by atoms with van der Waals surface area (Å²) in [6.45, 7) is -0.352. The number of hydrogen-bond acceptors (Lipinski definition) is 6. The maximum atomic E-state index is 12.6. The first-order valence-electron chi connectivity index (χ1n) is 8.31. The van der Waals surface area contributed by atoms with E-state index in [-0.39, 0.29) is 25.3 Å². The third kappa shape index (κ3) is 5.70. The highest BCUT2D eigenvalue weighted by atomic mass is 32.2. The third-order valence-electron chi connectivity index (χ3n) is 3.87. The van der Waals surface area contributed by atoms with E-state index in [9.17, 15) is 18.3 Å². The third-order valence-corrected chi connectivity index (χ3v) is 5.05. The summed E-state index contributed by atoms with van der Waals surface area (Å²) < 4.78 is 36.1. The highest BCUT2D eigenvalue weighted by molar-refractivity contribution is 7.92. The molecule has 0 unspecified atom stereocenters. The van der Waals surface area contributed by atoms with Crippen molar-refractivity contribution in [3.8, 4) is 5.75 Å². The van der Waals surface area contributed by atoms with Crippen LogP contribution in [0, 0.1) is 0 Å². The van der Waals surface area contributed by atoms with Gasteiger partial charge in [-0.25, -0.2) is 13.2 Å². The van der Waals surface area contributed by atoms with Crippen LogP contribution in [0.1, 0.15) is 12.0 Å². The van der Waals surface area contributed by atoms with Crippen LogP contribution in [-0.4, -0.2) is 45.5 Å². The number of aliphatic hydroxyl groups is 1. The fraction of sp³-hybridized carbons (Fsp3) is 0.316. The van der Waals surface area contributed by atoms with Gasteiger partial charge in [-0.05, 0) is 29.8 Å². The van der Waals surface area contributed by atoms with Crippen molar-refractivity contribution in [2.75, 3.05) is 24.3 Å². The molecule has 0 spiro atoms. The van der Waals surface area contributed by atoms with E-state index >= 15 is 0 Å². The number of benzene rings is 2.